The molecule has 0 radical (unpaired) electrons. The fourth-order valence-electron chi connectivity index (χ4n) is 1.43. The fourth-order valence-corrected chi connectivity index (χ4v) is 1.81. The number of rotatable bonds is 4. The van der Waals surface area contributed by atoms with Gasteiger partial charge in [-0.15, -0.1) is 0 Å². The molecule has 0 aromatic heterocycles. The van der Waals surface area contributed by atoms with Crippen molar-refractivity contribution in [2.75, 3.05) is 0 Å². The van der Waals surface area contributed by atoms with Crippen molar-refractivity contribution in [1.82, 2.24) is 5.48 Å². The maximum absolute atomic E-state index is 10.8. The molecule has 18 heavy (non-hydrogen) atoms. The first-order chi connectivity index (χ1) is 8.45. The minimum absolute atomic E-state index is 0.0161. The third-order valence-corrected chi connectivity index (χ3v) is 2.96. The van der Waals surface area contributed by atoms with Crippen LogP contribution in [0.5, 0.6) is 5.75 Å². The molecule has 2 atom stereocenters. The zero-order chi connectivity index (χ0) is 13.7. The molecule has 6 heteroatoms. The molecular weight excluding hydrogens is 302 g/mol. The van der Waals surface area contributed by atoms with Gasteiger partial charge in [0.25, 0.3) is 5.91 Å². The van der Waals surface area contributed by atoms with Crippen LogP contribution in [-0.2, 0) is 4.79 Å². The van der Waals surface area contributed by atoms with E-state index in [0.717, 1.165) is 10.5 Å². The number of hydroxylamine groups is 1. The van der Waals surface area contributed by atoms with Gasteiger partial charge in [-0.1, -0.05) is 28.9 Å². The summed E-state index contributed by atoms with van der Waals surface area (Å²) < 4.78 is 0.735. The second-order valence-electron chi connectivity index (χ2n) is 3.84. The number of benzene rings is 1. The van der Waals surface area contributed by atoms with Crippen LogP contribution in [0, 0.1) is 5.92 Å². The van der Waals surface area contributed by atoms with Crippen molar-refractivity contribution in [2.24, 2.45) is 5.92 Å². The number of hydrogen-bond donors (Lipinski definition) is 4. The van der Waals surface area contributed by atoms with Crippen LogP contribution in [-0.4, -0.2) is 21.3 Å². The standard InChI is InChI=1S/C12H14BrNO4/c1-7(2-5-11(16)14-18)12(17)9-6-8(13)3-4-10(9)15/h2-7,12,15,17-18H,1H3,(H,14,16)/b5-2+/t7-,12-/m1/s1. The Morgan fingerprint density at radius 3 is 2.78 bits per heavy atom. The van der Waals surface area contributed by atoms with Gasteiger partial charge in [0.1, 0.15) is 5.75 Å². The molecule has 0 spiro atoms. The van der Waals surface area contributed by atoms with Gasteiger partial charge in [0.15, 0.2) is 0 Å². The Morgan fingerprint density at radius 2 is 2.17 bits per heavy atom. The molecule has 0 aliphatic heterocycles. The highest BCUT2D eigenvalue weighted by atomic mass is 79.9. The molecule has 0 aliphatic rings. The summed E-state index contributed by atoms with van der Waals surface area (Å²) >= 11 is 3.25. The summed E-state index contributed by atoms with van der Waals surface area (Å²) in [6, 6.07) is 4.74. The average Bonchev–Trinajstić information content (AvgIpc) is 2.37. The fraction of sp³-hybridized carbons (Fsp3) is 0.250. The first-order valence-corrected chi connectivity index (χ1v) is 6.03. The molecule has 0 aliphatic carbocycles. The third-order valence-electron chi connectivity index (χ3n) is 2.47. The molecule has 0 bridgehead atoms. The highest BCUT2D eigenvalue weighted by Crippen LogP contribution is 2.32. The first kappa shape index (κ1) is 14.7. The van der Waals surface area contributed by atoms with Crippen molar-refractivity contribution in [3.8, 4) is 5.75 Å². The van der Waals surface area contributed by atoms with Crippen LogP contribution in [0.4, 0.5) is 0 Å². The van der Waals surface area contributed by atoms with E-state index in [2.05, 4.69) is 15.9 Å². The number of aliphatic hydroxyl groups excluding tert-OH is 1. The van der Waals surface area contributed by atoms with Crippen molar-refractivity contribution in [1.29, 1.82) is 0 Å². The van der Waals surface area contributed by atoms with Gasteiger partial charge in [-0.3, -0.25) is 10.0 Å². The molecule has 1 amide bonds. The third kappa shape index (κ3) is 3.83. The predicted molar refractivity (Wildman–Crippen MR) is 69.0 cm³/mol. The minimum atomic E-state index is -0.953. The van der Waals surface area contributed by atoms with Gasteiger partial charge < -0.3 is 10.2 Å². The molecule has 4 N–H and O–H groups in total. The highest BCUT2D eigenvalue weighted by molar-refractivity contribution is 9.10. The number of amides is 1. The zero-order valence-electron chi connectivity index (χ0n) is 9.67. The molecule has 0 unspecified atom stereocenters. The lowest BCUT2D eigenvalue weighted by atomic mass is 9.96. The van der Waals surface area contributed by atoms with Crippen LogP contribution in [0.15, 0.2) is 34.8 Å². The minimum Gasteiger partial charge on any atom is -0.508 e. The van der Waals surface area contributed by atoms with Gasteiger partial charge in [0, 0.05) is 22.0 Å². The average molecular weight is 316 g/mol. The quantitative estimate of drug-likeness (QED) is 0.388. The van der Waals surface area contributed by atoms with Gasteiger partial charge in [0.2, 0.25) is 0 Å². The van der Waals surface area contributed by atoms with Crippen LogP contribution in [0.25, 0.3) is 0 Å². The molecule has 1 aromatic rings. The lowest BCUT2D eigenvalue weighted by Gasteiger charge is -2.17. The molecule has 5 nitrogen and oxygen atoms in total. The van der Waals surface area contributed by atoms with E-state index >= 15 is 0 Å². The number of halogens is 1. The van der Waals surface area contributed by atoms with Crippen LogP contribution >= 0.6 is 15.9 Å². The Bertz CT molecular complexity index is 461. The number of nitrogens with one attached hydrogen (secondary N) is 1. The van der Waals surface area contributed by atoms with E-state index in [4.69, 9.17) is 5.21 Å². The number of carbonyl (C=O) groups is 1. The monoisotopic (exact) mass is 315 g/mol. The number of hydrogen-bond acceptors (Lipinski definition) is 4. The van der Waals surface area contributed by atoms with E-state index < -0.39 is 17.9 Å². The number of aromatic hydroxyl groups is 1. The number of phenolic OH excluding ortho intramolecular Hbond substituents is 1. The molecule has 0 fully saturated rings. The van der Waals surface area contributed by atoms with Gasteiger partial charge in [-0.25, -0.2) is 5.48 Å². The Labute approximate surface area is 113 Å². The number of carbonyl (C=O) groups excluding carboxylic acids is 1. The summed E-state index contributed by atoms with van der Waals surface area (Å²) in [7, 11) is 0. The second kappa shape index (κ2) is 6.53. The van der Waals surface area contributed by atoms with Crippen molar-refractivity contribution in [3.05, 3.63) is 40.4 Å². The van der Waals surface area contributed by atoms with Crippen LogP contribution in [0.1, 0.15) is 18.6 Å². The van der Waals surface area contributed by atoms with Crippen LogP contribution in [0.2, 0.25) is 0 Å². The van der Waals surface area contributed by atoms with E-state index in [1.165, 1.54) is 17.6 Å². The van der Waals surface area contributed by atoms with Crippen LogP contribution < -0.4 is 5.48 Å². The van der Waals surface area contributed by atoms with Crippen molar-refractivity contribution in [2.45, 2.75) is 13.0 Å². The van der Waals surface area contributed by atoms with Crippen molar-refractivity contribution < 1.29 is 20.2 Å². The number of phenols is 1. The topological polar surface area (TPSA) is 89.8 Å². The summed E-state index contributed by atoms with van der Waals surface area (Å²) in [6.07, 6.45) is 1.60. The van der Waals surface area contributed by atoms with E-state index in [-0.39, 0.29) is 5.75 Å². The SMILES string of the molecule is C[C@H](/C=C/C(=O)NO)[C@@H](O)c1cc(Br)ccc1O. The lowest BCUT2D eigenvalue weighted by Crippen LogP contribution is -2.16. The van der Waals surface area contributed by atoms with Crippen molar-refractivity contribution in [3.63, 3.8) is 0 Å². The summed E-state index contributed by atoms with van der Waals surface area (Å²) in [5.74, 6) is -1.09. The van der Waals surface area contributed by atoms with E-state index in [1.807, 2.05) is 0 Å². The zero-order valence-corrected chi connectivity index (χ0v) is 11.3. The maximum Gasteiger partial charge on any atom is 0.267 e. The highest BCUT2D eigenvalue weighted by Gasteiger charge is 2.18. The van der Waals surface area contributed by atoms with Crippen molar-refractivity contribution >= 4 is 21.8 Å². The first-order valence-electron chi connectivity index (χ1n) is 5.24. The smallest absolute Gasteiger partial charge is 0.267 e. The molecule has 98 valence electrons. The second-order valence-corrected chi connectivity index (χ2v) is 4.76. The lowest BCUT2D eigenvalue weighted by molar-refractivity contribution is -0.124. The summed E-state index contributed by atoms with van der Waals surface area (Å²) in [5.41, 5.74) is 1.82. The molecule has 0 heterocycles. The molecule has 1 aromatic carbocycles. The number of aliphatic hydroxyl groups is 1. The van der Waals surface area contributed by atoms with Gasteiger partial charge >= 0.3 is 0 Å². The van der Waals surface area contributed by atoms with Gasteiger partial charge in [-0.2, -0.15) is 0 Å². The Balaban J connectivity index is 2.86. The predicted octanol–water partition coefficient (Wildman–Crippen LogP) is 1.89. The summed E-state index contributed by atoms with van der Waals surface area (Å²) in [6.45, 7) is 1.69. The molecule has 0 saturated carbocycles. The van der Waals surface area contributed by atoms with Gasteiger partial charge in [-0.05, 0) is 18.2 Å². The summed E-state index contributed by atoms with van der Waals surface area (Å²) in [4.78, 5) is 10.8. The maximum atomic E-state index is 10.8. The van der Waals surface area contributed by atoms with Gasteiger partial charge in [0.05, 0.1) is 6.10 Å². The summed E-state index contributed by atoms with van der Waals surface area (Å²) in [5, 5.41) is 28.0. The molecular formula is C12H14BrNO4. The van der Waals surface area contributed by atoms with Crippen LogP contribution in [0.3, 0.4) is 0 Å². The normalized spacial score (nSPS) is 14.4. The van der Waals surface area contributed by atoms with E-state index in [0.29, 0.717) is 5.56 Å². The van der Waals surface area contributed by atoms with E-state index in [1.54, 1.807) is 19.1 Å². The Hall–Kier alpha value is -1.37. The largest absolute Gasteiger partial charge is 0.508 e. The Kier molecular flexibility index (Phi) is 5.33. The molecule has 0 saturated heterocycles. The Morgan fingerprint density at radius 1 is 1.50 bits per heavy atom. The van der Waals surface area contributed by atoms with E-state index in [9.17, 15) is 15.0 Å². The molecule has 1 rings (SSSR count).